The maximum atomic E-state index is 12.5. The molecule has 0 radical (unpaired) electrons. The molecule has 0 unspecified atom stereocenters. The van der Waals surface area contributed by atoms with Gasteiger partial charge in [0.1, 0.15) is 13.2 Å². The van der Waals surface area contributed by atoms with E-state index < -0.39 is 6.10 Å². The van der Waals surface area contributed by atoms with Crippen LogP contribution in [0.3, 0.4) is 0 Å². The number of carbonyl (C=O) groups is 3. The highest BCUT2D eigenvalue weighted by molar-refractivity contribution is 5.71. The molecule has 0 aromatic carbocycles. The molecule has 0 bridgehead atoms. The number of rotatable bonds is 38. The van der Waals surface area contributed by atoms with Gasteiger partial charge < -0.3 is 19.1 Å². The molecule has 0 aromatic heterocycles. The Balaban J connectivity index is 2.16. The third kappa shape index (κ3) is 32.5. The highest BCUT2D eigenvalue weighted by Crippen LogP contribution is 2.13. The number of esters is 3. The molecule has 302 valence electrons. The molecule has 0 saturated carbocycles. The van der Waals surface area contributed by atoms with Gasteiger partial charge in [-0.1, -0.05) is 141 Å². The third-order valence-corrected chi connectivity index (χ3v) is 10.0. The van der Waals surface area contributed by atoms with Crippen molar-refractivity contribution in [2.45, 2.75) is 213 Å². The van der Waals surface area contributed by atoms with Crippen LogP contribution in [0.1, 0.15) is 206 Å². The highest BCUT2D eigenvalue weighted by atomic mass is 16.6. The Bertz CT molecular complexity index is 842. The summed E-state index contributed by atoms with van der Waals surface area (Å²) < 4.78 is 16.5. The van der Waals surface area contributed by atoms with Crippen LogP contribution in [0, 0.1) is 0 Å². The van der Waals surface area contributed by atoms with Crippen LogP contribution >= 0.6 is 0 Å². The van der Waals surface area contributed by atoms with Crippen LogP contribution in [0.5, 0.6) is 0 Å². The van der Waals surface area contributed by atoms with E-state index in [9.17, 15) is 14.4 Å². The van der Waals surface area contributed by atoms with Crippen LogP contribution in [0.2, 0.25) is 0 Å². The Labute approximate surface area is 320 Å². The Kier molecular flexibility index (Phi) is 34.2. The van der Waals surface area contributed by atoms with Crippen LogP contribution in [0.4, 0.5) is 0 Å². The van der Waals surface area contributed by atoms with E-state index in [-0.39, 0.29) is 37.5 Å². The first kappa shape index (κ1) is 47.9. The van der Waals surface area contributed by atoms with Crippen LogP contribution in [-0.2, 0) is 28.6 Å². The molecule has 7 heteroatoms. The predicted octanol–water partition coefficient (Wildman–Crippen LogP) is 12.2. The topological polar surface area (TPSA) is 82.1 Å². The SMILES string of the molecule is CCCCCCCC/C=C\CCCCCCCC(=O)OCC(COC(=O)CCCCCCC/C=C\CCCCCCCC)OC(=O)CCN1CCC1. The van der Waals surface area contributed by atoms with E-state index >= 15 is 0 Å². The van der Waals surface area contributed by atoms with E-state index in [1.807, 2.05) is 0 Å². The molecule has 1 rings (SSSR count). The molecular weight excluding hydrogens is 650 g/mol. The summed E-state index contributed by atoms with van der Waals surface area (Å²) in [6, 6.07) is 0. The summed E-state index contributed by atoms with van der Waals surface area (Å²) in [7, 11) is 0. The van der Waals surface area contributed by atoms with Crippen molar-refractivity contribution in [1.82, 2.24) is 4.90 Å². The van der Waals surface area contributed by atoms with Crippen LogP contribution in [0.25, 0.3) is 0 Å². The number of unbranched alkanes of at least 4 members (excludes halogenated alkanes) is 22. The van der Waals surface area contributed by atoms with E-state index in [2.05, 4.69) is 43.1 Å². The first-order valence-electron chi connectivity index (χ1n) is 22.1. The summed E-state index contributed by atoms with van der Waals surface area (Å²) in [6.45, 7) is 7.04. The van der Waals surface area contributed by atoms with Crippen molar-refractivity contribution >= 4 is 17.9 Å². The molecule has 1 aliphatic rings. The molecule has 0 N–H and O–H groups in total. The molecule has 0 spiro atoms. The van der Waals surface area contributed by atoms with Gasteiger partial charge in [-0.25, -0.2) is 0 Å². The smallest absolute Gasteiger partial charge is 0.307 e. The summed E-state index contributed by atoms with van der Waals surface area (Å²) in [4.78, 5) is 39.6. The third-order valence-electron chi connectivity index (χ3n) is 10.0. The van der Waals surface area contributed by atoms with Gasteiger partial charge in [-0.05, 0) is 83.7 Å². The van der Waals surface area contributed by atoms with Crippen molar-refractivity contribution in [2.24, 2.45) is 0 Å². The average Bonchev–Trinajstić information content (AvgIpc) is 3.12. The number of allylic oxidation sites excluding steroid dienone is 4. The molecule has 1 aliphatic heterocycles. The van der Waals surface area contributed by atoms with Gasteiger partial charge in [0.2, 0.25) is 0 Å². The van der Waals surface area contributed by atoms with Crippen LogP contribution < -0.4 is 0 Å². The molecule has 0 amide bonds. The number of hydrogen-bond donors (Lipinski definition) is 0. The number of carbonyl (C=O) groups excluding carboxylic acids is 3. The van der Waals surface area contributed by atoms with Crippen molar-refractivity contribution in [3.8, 4) is 0 Å². The first-order chi connectivity index (χ1) is 25.5. The summed E-state index contributed by atoms with van der Waals surface area (Å²) in [5, 5.41) is 0. The standard InChI is InChI=1S/C45H81NO6/c1-3-5-7-9-11-13-15-17-19-21-23-25-27-29-31-34-43(47)50-40-42(52-45(49)36-39-46-37-33-38-46)41-51-44(48)35-32-30-28-26-24-22-20-18-16-14-12-10-8-6-4-2/h17-20,42H,3-16,21-41H2,1-2H3/b19-17-,20-18-. The second-order valence-electron chi connectivity index (χ2n) is 15.1. The molecule has 1 fully saturated rings. The largest absolute Gasteiger partial charge is 0.462 e. The highest BCUT2D eigenvalue weighted by Gasteiger charge is 2.21. The van der Waals surface area contributed by atoms with E-state index in [0.717, 1.165) is 70.9 Å². The Morgan fingerprint density at radius 2 is 0.846 bits per heavy atom. The maximum Gasteiger partial charge on any atom is 0.307 e. The lowest BCUT2D eigenvalue weighted by atomic mass is 10.1. The minimum Gasteiger partial charge on any atom is -0.462 e. The molecular formula is C45H81NO6. The fourth-order valence-corrected chi connectivity index (χ4v) is 6.41. The first-order valence-corrected chi connectivity index (χ1v) is 22.1. The molecule has 52 heavy (non-hydrogen) atoms. The number of hydrogen-bond acceptors (Lipinski definition) is 7. The second-order valence-corrected chi connectivity index (χ2v) is 15.1. The summed E-state index contributed by atoms with van der Waals surface area (Å²) in [5.74, 6) is -0.934. The van der Waals surface area contributed by atoms with Crippen molar-refractivity contribution in [3.05, 3.63) is 24.3 Å². The van der Waals surface area contributed by atoms with Gasteiger partial charge in [0.05, 0.1) is 6.42 Å². The predicted molar refractivity (Wildman–Crippen MR) is 216 cm³/mol. The van der Waals surface area contributed by atoms with Crippen LogP contribution in [-0.4, -0.2) is 61.8 Å². The van der Waals surface area contributed by atoms with Crippen LogP contribution in [0.15, 0.2) is 24.3 Å². The van der Waals surface area contributed by atoms with Crippen molar-refractivity contribution in [2.75, 3.05) is 32.8 Å². The van der Waals surface area contributed by atoms with Gasteiger partial charge in [-0.3, -0.25) is 14.4 Å². The van der Waals surface area contributed by atoms with Crippen molar-refractivity contribution < 1.29 is 28.6 Å². The zero-order valence-corrected chi connectivity index (χ0v) is 34.0. The summed E-state index contributed by atoms with van der Waals surface area (Å²) in [6.07, 6.45) is 42.1. The van der Waals surface area contributed by atoms with E-state index in [1.165, 1.54) is 116 Å². The zero-order chi connectivity index (χ0) is 37.6. The molecule has 7 nitrogen and oxygen atoms in total. The Morgan fingerprint density at radius 1 is 0.481 bits per heavy atom. The minimum absolute atomic E-state index is 0.0833. The van der Waals surface area contributed by atoms with Gasteiger partial charge in [0.15, 0.2) is 6.10 Å². The van der Waals surface area contributed by atoms with E-state index in [1.54, 1.807) is 0 Å². The van der Waals surface area contributed by atoms with Gasteiger partial charge in [-0.2, -0.15) is 0 Å². The summed E-state index contributed by atoms with van der Waals surface area (Å²) in [5.41, 5.74) is 0. The maximum absolute atomic E-state index is 12.5. The Morgan fingerprint density at radius 3 is 1.21 bits per heavy atom. The zero-order valence-electron chi connectivity index (χ0n) is 34.0. The van der Waals surface area contributed by atoms with Crippen molar-refractivity contribution in [3.63, 3.8) is 0 Å². The van der Waals surface area contributed by atoms with E-state index in [0.29, 0.717) is 19.4 Å². The second kappa shape index (κ2) is 37.2. The lowest BCUT2D eigenvalue weighted by Gasteiger charge is -2.30. The lowest BCUT2D eigenvalue weighted by molar-refractivity contribution is -0.167. The van der Waals surface area contributed by atoms with Gasteiger partial charge in [0.25, 0.3) is 0 Å². The quantitative estimate of drug-likeness (QED) is 0.0270. The fraction of sp³-hybridized carbons (Fsp3) is 0.844. The lowest BCUT2D eigenvalue weighted by Crippen LogP contribution is -2.39. The summed E-state index contributed by atoms with van der Waals surface area (Å²) >= 11 is 0. The molecule has 0 atom stereocenters. The molecule has 1 saturated heterocycles. The van der Waals surface area contributed by atoms with Gasteiger partial charge in [-0.15, -0.1) is 0 Å². The number of nitrogens with zero attached hydrogens (tertiary/aromatic N) is 1. The van der Waals surface area contributed by atoms with Gasteiger partial charge >= 0.3 is 17.9 Å². The van der Waals surface area contributed by atoms with Crippen molar-refractivity contribution in [1.29, 1.82) is 0 Å². The minimum atomic E-state index is -0.778. The van der Waals surface area contributed by atoms with E-state index in [4.69, 9.17) is 14.2 Å². The number of likely N-dealkylation sites (tertiary alicyclic amines) is 1. The number of ether oxygens (including phenoxy) is 3. The molecule has 1 heterocycles. The monoisotopic (exact) mass is 732 g/mol. The normalized spacial score (nSPS) is 13.3. The average molecular weight is 732 g/mol. The molecule has 0 aromatic rings. The van der Waals surface area contributed by atoms with Gasteiger partial charge in [0, 0.05) is 19.4 Å². The molecule has 0 aliphatic carbocycles. The fourth-order valence-electron chi connectivity index (χ4n) is 6.41. The Hall–Kier alpha value is -2.15.